The Bertz CT molecular complexity index is 1280. The smallest absolute Gasteiger partial charge is 0.229 e. The van der Waals surface area contributed by atoms with Crippen molar-refractivity contribution in [1.29, 1.82) is 0 Å². The lowest BCUT2D eigenvalue weighted by Gasteiger charge is -2.39. The van der Waals surface area contributed by atoms with Gasteiger partial charge in [-0.3, -0.25) is 4.79 Å². The number of aromatic hydroxyl groups is 2. The van der Waals surface area contributed by atoms with E-state index in [1.165, 1.54) is 38.5 Å². The summed E-state index contributed by atoms with van der Waals surface area (Å²) >= 11 is 0. The summed E-state index contributed by atoms with van der Waals surface area (Å²) < 4.78 is 26.8. The fourth-order valence-electron chi connectivity index (χ4n) is 3.85. The van der Waals surface area contributed by atoms with E-state index in [9.17, 15) is 35.4 Å². The van der Waals surface area contributed by atoms with E-state index in [1.807, 2.05) is 0 Å². The first-order valence-electron chi connectivity index (χ1n) is 10.4. The highest BCUT2D eigenvalue weighted by Crippen LogP contribution is 2.43. The lowest BCUT2D eigenvalue weighted by molar-refractivity contribution is -0.277. The summed E-state index contributed by atoms with van der Waals surface area (Å²) in [5.74, 6) is -1.11. The molecule has 1 aromatic heterocycles. The SMILES string of the molecule is COc1cc(-c2coc3cc(O[C@@H]4O[C@@H](CO)[C@@H](O)[C@H](O)[C@H]4O)c(OC)c(O)c3c2=O)ccc1O. The van der Waals surface area contributed by atoms with Crippen LogP contribution < -0.4 is 19.6 Å². The topological polar surface area (TPSA) is 189 Å². The first-order chi connectivity index (χ1) is 16.7. The minimum Gasteiger partial charge on any atom is -0.504 e. The molecule has 3 aromatic rings. The van der Waals surface area contributed by atoms with E-state index in [-0.39, 0.29) is 39.5 Å². The minimum atomic E-state index is -1.71. The summed E-state index contributed by atoms with van der Waals surface area (Å²) in [6.45, 7) is -0.662. The molecule has 0 bridgehead atoms. The Balaban J connectivity index is 1.78. The van der Waals surface area contributed by atoms with Crippen LogP contribution in [-0.2, 0) is 4.74 Å². The molecule has 1 fully saturated rings. The lowest BCUT2D eigenvalue weighted by Crippen LogP contribution is -2.60. The lowest BCUT2D eigenvalue weighted by atomic mass is 9.99. The van der Waals surface area contributed by atoms with E-state index >= 15 is 0 Å². The van der Waals surface area contributed by atoms with Gasteiger partial charge >= 0.3 is 0 Å². The number of aliphatic hydroxyl groups excluding tert-OH is 4. The van der Waals surface area contributed by atoms with E-state index in [4.69, 9.17) is 23.4 Å². The third kappa shape index (κ3) is 4.22. The van der Waals surface area contributed by atoms with Gasteiger partial charge in [0.15, 0.2) is 23.0 Å². The molecule has 1 aliphatic heterocycles. The van der Waals surface area contributed by atoms with Crippen LogP contribution in [0.2, 0.25) is 0 Å². The van der Waals surface area contributed by atoms with Crippen LogP contribution in [0.3, 0.4) is 0 Å². The maximum absolute atomic E-state index is 13.2. The zero-order valence-electron chi connectivity index (χ0n) is 18.6. The standard InChI is InChI=1S/C23H24O12/c1-31-12-5-9(3-4-11(12)25)10-8-33-13-6-14(22(32-2)19(28)16(13)17(10)26)34-23-21(30)20(29)18(27)15(7-24)35-23/h3-6,8,15,18,20-21,23-25,27-30H,7H2,1-2H3/t15-,18+,20-,21+,23+/m0/s1. The molecule has 4 rings (SSSR count). The molecule has 5 atom stereocenters. The Morgan fingerprint density at radius 3 is 2.37 bits per heavy atom. The largest absolute Gasteiger partial charge is 0.504 e. The van der Waals surface area contributed by atoms with E-state index in [0.29, 0.717) is 5.56 Å². The molecular weight excluding hydrogens is 468 g/mol. The molecule has 6 N–H and O–H groups in total. The van der Waals surface area contributed by atoms with E-state index < -0.39 is 48.5 Å². The van der Waals surface area contributed by atoms with Gasteiger partial charge in [0, 0.05) is 6.07 Å². The fourth-order valence-corrected chi connectivity index (χ4v) is 3.85. The first kappa shape index (κ1) is 24.6. The van der Waals surface area contributed by atoms with Crippen molar-refractivity contribution in [3.05, 3.63) is 40.8 Å². The second-order valence-electron chi connectivity index (χ2n) is 7.81. The minimum absolute atomic E-state index is 0.0655. The number of phenolic OH excluding ortho intramolecular Hbond substituents is 2. The molecule has 2 heterocycles. The molecule has 0 saturated carbocycles. The third-order valence-electron chi connectivity index (χ3n) is 5.75. The Morgan fingerprint density at radius 2 is 1.71 bits per heavy atom. The molecule has 0 radical (unpaired) electrons. The van der Waals surface area contributed by atoms with Crippen LogP contribution in [0.15, 0.2) is 39.7 Å². The van der Waals surface area contributed by atoms with Crippen LogP contribution in [0.25, 0.3) is 22.1 Å². The van der Waals surface area contributed by atoms with Gasteiger partial charge in [-0.15, -0.1) is 0 Å². The second-order valence-corrected chi connectivity index (χ2v) is 7.81. The van der Waals surface area contributed by atoms with Gasteiger partial charge in [-0.2, -0.15) is 0 Å². The molecule has 0 unspecified atom stereocenters. The summed E-state index contributed by atoms with van der Waals surface area (Å²) in [5.41, 5.74) is -0.289. The predicted molar refractivity (Wildman–Crippen MR) is 119 cm³/mol. The number of fused-ring (bicyclic) bond motifs is 1. The number of methoxy groups -OCH3 is 2. The number of benzene rings is 2. The Hall–Kier alpha value is -3.55. The molecular formula is C23H24O12. The first-order valence-corrected chi connectivity index (χ1v) is 10.4. The summed E-state index contributed by atoms with van der Waals surface area (Å²) in [4.78, 5) is 13.2. The van der Waals surface area contributed by atoms with Crippen LogP contribution in [0, 0.1) is 0 Å². The van der Waals surface area contributed by atoms with Gasteiger partial charge in [0.2, 0.25) is 17.5 Å². The van der Waals surface area contributed by atoms with Gasteiger partial charge in [0.05, 0.1) is 26.4 Å². The summed E-state index contributed by atoms with van der Waals surface area (Å²) in [5, 5.41) is 60.0. The number of phenols is 2. The van der Waals surface area contributed by atoms with Crippen molar-refractivity contribution in [2.45, 2.75) is 30.7 Å². The van der Waals surface area contributed by atoms with E-state index in [2.05, 4.69) is 0 Å². The molecule has 188 valence electrons. The van der Waals surface area contributed by atoms with E-state index in [1.54, 1.807) is 0 Å². The molecule has 1 saturated heterocycles. The van der Waals surface area contributed by atoms with E-state index in [0.717, 1.165) is 6.26 Å². The highest BCUT2D eigenvalue weighted by Gasteiger charge is 2.45. The van der Waals surface area contributed by atoms with Crippen molar-refractivity contribution in [2.24, 2.45) is 0 Å². The average Bonchev–Trinajstić information content (AvgIpc) is 2.85. The van der Waals surface area contributed by atoms with Crippen molar-refractivity contribution < 1.29 is 54.0 Å². The number of ether oxygens (including phenoxy) is 4. The van der Waals surface area contributed by atoms with Crippen LogP contribution in [0.4, 0.5) is 0 Å². The van der Waals surface area contributed by atoms with Gasteiger partial charge in [0.25, 0.3) is 0 Å². The van der Waals surface area contributed by atoms with Crippen LogP contribution >= 0.6 is 0 Å². The summed E-state index contributed by atoms with van der Waals surface area (Å²) in [6, 6.07) is 5.46. The number of aliphatic hydroxyl groups is 4. The molecule has 0 aliphatic carbocycles. The second kappa shape index (κ2) is 9.60. The molecule has 0 spiro atoms. The van der Waals surface area contributed by atoms with Crippen molar-refractivity contribution >= 4 is 11.0 Å². The summed E-state index contributed by atoms with van der Waals surface area (Å²) in [6.07, 6.45) is -6.62. The maximum Gasteiger partial charge on any atom is 0.229 e. The highest BCUT2D eigenvalue weighted by atomic mass is 16.7. The highest BCUT2D eigenvalue weighted by molar-refractivity contribution is 5.91. The van der Waals surface area contributed by atoms with Crippen molar-refractivity contribution in [3.8, 4) is 39.9 Å². The molecule has 35 heavy (non-hydrogen) atoms. The average molecular weight is 492 g/mol. The van der Waals surface area contributed by atoms with Crippen molar-refractivity contribution in [2.75, 3.05) is 20.8 Å². The molecule has 2 aromatic carbocycles. The number of rotatable bonds is 6. The monoisotopic (exact) mass is 492 g/mol. The normalized spacial score (nSPS) is 24.3. The van der Waals surface area contributed by atoms with Gasteiger partial charge < -0.3 is 54.0 Å². The van der Waals surface area contributed by atoms with Crippen molar-refractivity contribution in [3.63, 3.8) is 0 Å². The quantitative estimate of drug-likeness (QED) is 0.272. The maximum atomic E-state index is 13.2. The fraction of sp³-hybridized carbons (Fsp3) is 0.348. The Kier molecular flexibility index (Phi) is 6.74. The predicted octanol–water partition coefficient (Wildman–Crippen LogP) is 0.0671. The molecule has 12 nitrogen and oxygen atoms in total. The zero-order valence-corrected chi connectivity index (χ0v) is 18.6. The number of hydrogen-bond acceptors (Lipinski definition) is 12. The third-order valence-corrected chi connectivity index (χ3v) is 5.75. The Morgan fingerprint density at radius 1 is 0.971 bits per heavy atom. The van der Waals surface area contributed by atoms with Crippen LogP contribution in [0.1, 0.15) is 0 Å². The van der Waals surface area contributed by atoms with Crippen LogP contribution in [-0.4, -0.2) is 82.2 Å². The van der Waals surface area contributed by atoms with Crippen LogP contribution in [0.5, 0.6) is 28.7 Å². The van der Waals surface area contributed by atoms with Gasteiger partial charge in [0.1, 0.15) is 41.6 Å². The van der Waals surface area contributed by atoms with Crippen molar-refractivity contribution in [1.82, 2.24) is 0 Å². The van der Waals surface area contributed by atoms with Gasteiger partial charge in [-0.1, -0.05) is 6.07 Å². The zero-order chi connectivity index (χ0) is 25.4. The number of hydrogen-bond donors (Lipinski definition) is 6. The van der Waals surface area contributed by atoms with Gasteiger partial charge in [-0.05, 0) is 17.7 Å². The molecule has 12 heteroatoms. The molecule has 1 aliphatic rings. The Labute approximate surface area is 197 Å². The molecule has 0 amide bonds. The summed E-state index contributed by atoms with van der Waals surface area (Å²) in [7, 11) is 2.56. The van der Waals surface area contributed by atoms with Gasteiger partial charge in [-0.25, -0.2) is 0 Å².